The predicted molar refractivity (Wildman–Crippen MR) is 152 cm³/mol. The second-order valence-electron chi connectivity index (χ2n) is 12.4. The fourth-order valence-corrected chi connectivity index (χ4v) is 6.74. The number of rotatable bonds is 6. The van der Waals surface area contributed by atoms with Crippen molar-refractivity contribution in [1.29, 1.82) is 0 Å². The van der Waals surface area contributed by atoms with Crippen molar-refractivity contribution in [1.82, 2.24) is 5.32 Å². The summed E-state index contributed by atoms with van der Waals surface area (Å²) >= 11 is 3.67. The number of carbonyl (C=O) groups is 2. The van der Waals surface area contributed by atoms with Crippen molar-refractivity contribution in [3.63, 3.8) is 0 Å². The molecule has 0 saturated heterocycles. The molecular weight excluding hydrogens is 561 g/mol. The van der Waals surface area contributed by atoms with E-state index >= 15 is 0 Å². The van der Waals surface area contributed by atoms with Crippen molar-refractivity contribution in [2.24, 2.45) is 10.8 Å². The fourth-order valence-electron chi connectivity index (χ4n) is 6.16. The van der Waals surface area contributed by atoms with E-state index in [1.165, 1.54) is 12.1 Å². The lowest BCUT2D eigenvalue weighted by Crippen LogP contribution is -2.42. The molecule has 0 aromatic heterocycles. The van der Waals surface area contributed by atoms with Crippen LogP contribution in [-0.4, -0.2) is 18.2 Å². The van der Waals surface area contributed by atoms with E-state index in [4.69, 9.17) is 9.47 Å². The number of carbonyl (C=O) groups excluding carboxylic acids is 2. The van der Waals surface area contributed by atoms with Gasteiger partial charge in [-0.05, 0) is 81.9 Å². The number of ketones is 2. The van der Waals surface area contributed by atoms with Gasteiger partial charge in [0.15, 0.2) is 23.1 Å². The summed E-state index contributed by atoms with van der Waals surface area (Å²) in [5.74, 6) is 0.348. The Labute approximate surface area is 238 Å². The summed E-state index contributed by atoms with van der Waals surface area (Å²) in [6, 6.07) is 10.1. The number of halogens is 2. The number of benzene rings is 2. The van der Waals surface area contributed by atoms with Gasteiger partial charge >= 0.3 is 0 Å². The normalized spacial score (nSPS) is 20.4. The molecule has 2 aliphatic carbocycles. The molecule has 0 fully saturated rings. The Kier molecular flexibility index (Phi) is 7.25. The molecule has 206 valence electrons. The maximum atomic E-state index is 13.7. The van der Waals surface area contributed by atoms with Gasteiger partial charge in [0.25, 0.3) is 0 Å². The Balaban J connectivity index is 1.61. The number of allylic oxidation sites excluding steroid dienone is 4. The van der Waals surface area contributed by atoms with E-state index in [1.807, 2.05) is 19.1 Å². The molecule has 5 nitrogen and oxygen atoms in total. The maximum Gasteiger partial charge on any atom is 0.175 e. The molecule has 2 aromatic carbocycles. The highest BCUT2D eigenvalue weighted by Gasteiger charge is 2.46. The maximum absolute atomic E-state index is 13.7. The van der Waals surface area contributed by atoms with Gasteiger partial charge in [-0.3, -0.25) is 9.59 Å². The lowest BCUT2D eigenvalue weighted by Gasteiger charge is -2.44. The zero-order chi connectivity index (χ0) is 28.1. The first-order chi connectivity index (χ1) is 18.4. The minimum atomic E-state index is -0.476. The number of hydrogen-bond acceptors (Lipinski definition) is 5. The summed E-state index contributed by atoms with van der Waals surface area (Å²) in [5, 5.41) is 3.56. The number of Topliss-reactive ketones (excluding diaryl/α,β-unsaturated/α-hetero) is 2. The molecule has 39 heavy (non-hydrogen) atoms. The molecule has 0 saturated carbocycles. The molecule has 1 heterocycles. The first-order valence-electron chi connectivity index (χ1n) is 13.5. The van der Waals surface area contributed by atoms with Crippen LogP contribution >= 0.6 is 15.9 Å². The van der Waals surface area contributed by atoms with Crippen molar-refractivity contribution in [2.75, 3.05) is 6.61 Å². The van der Waals surface area contributed by atoms with Gasteiger partial charge in [-0.25, -0.2) is 4.39 Å². The van der Waals surface area contributed by atoms with Crippen LogP contribution in [0, 0.1) is 16.6 Å². The molecule has 2 aromatic rings. The van der Waals surface area contributed by atoms with Crippen molar-refractivity contribution < 1.29 is 23.5 Å². The van der Waals surface area contributed by atoms with Gasteiger partial charge in [-0.1, -0.05) is 39.8 Å². The zero-order valence-electron chi connectivity index (χ0n) is 23.2. The SMILES string of the molecule is CCOc1cc(C2C3=C(CC(C)(C)CC3=O)NC3=C2C(=O)CC(C)(C)C3)cc(Br)c1OCc1cccc(F)c1. The molecule has 3 aliphatic rings. The first-order valence-corrected chi connectivity index (χ1v) is 14.3. The molecule has 0 amide bonds. The van der Waals surface area contributed by atoms with Gasteiger partial charge in [0.1, 0.15) is 12.4 Å². The van der Waals surface area contributed by atoms with E-state index in [0.29, 0.717) is 52.1 Å². The van der Waals surface area contributed by atoms with Crippen LogP contribution in [0.5, 0.6) is 11.5 Å². The Morgan fingerprint density at radius 2 is 1.54 bits per heavy atom. The topological polar surface area (TPSA) is 64.6 Å². The lowest BCUT2D eigenvalue weighted by molar-refractivity contribution is -0.119. The molecular formula is C32H35BrFNO4. The summed E-state index contributed by atoms with van der Waals surface area (Å²) in [4.78, 5) is 27.3. The lowest BCUT2D eigenvalue weighted by atomic mass is 9.64. The zero-order valence-corrected chi connectivity index (χ0v) is 24.8. The van der Waals surface area contributed by atoms with Crippen LogP contribution in [0.25, 0.3) is 0 Å². The summed E-state index contributed by atoms with van der Waals surface area (Å²) in [6.45, 7) is 10.9. The van der Waals surface area contributed by atoms with E-state index < -0.39 is 5.92 Å². The molecule has 1 N–H and O–H groups in total. The van der Waals surface area contributed by atoms with E-state index in [1.54, 1.807) is 12.1 Å². The Morgan fingerprint density at radius 3 is 2.10 bits per heavy atom. The average molecular weight is 597 g/mol. The Hall–Kier alpha value is -2.93. The average Bonchev–Trinajstić information content (AvgIpc) is 2.80. The third kappa shape index (κ3) is 5.56. The highest BCUT2D eigenvalue weighted by Crippen LogP contribution is 2.52. The molecule has 7 heteroatoms. The minimum absolute atomic E-state index is 0.0726. The largest absolute Gasteiger partial charge is 0.490 e. The quantitative estimate of drug-likeness (QED) is 0.373. The fraction of sp³-hybridized carbons (Fsp3) is 0.438. The molecule has 0 atom stereocenters. The monoisotopic (exact) mass is 595 g/mol. The molecule has 0 unspecified atom stereocenters. The highest BCUT2D eigenvalue weighted by atomic mass is 79.9. The van der Waals surface area contributed by atoms with E-state index in [0.717, 1.165) is 29.8 Å². The Bertz CT molecular complexity index is 1370. The second kappa shape index (κ2) is 10.2. The van der Waals surface area contributed by atoms with Gasteiger partial charge in [-0.2, -0.15) is 0 Å². The summed E-state index contributed by atoms with van der Waals surface area (Å²) in [7, 11) is 0. The molecule has 0 radical (unpaired) electrons. The van der Waals surface area contributed by atoms with E-state index in [9.17, 15) is 14.0 Å². The van der Waals surface area contributed by atoms with Gasteiger partial charge in [0, 0.05) is 41.3 Å². The van der Waals surface area contributed by atoms with Gasteiger partial charge in [0.05, 0.1) is 11.1 Å². The third-order valence-electron chi connectivity index (χ3n) is 7.66. The van der Waals surface area contributed by atoms with Crippen LogP contribution in [0.4, 0.5) is 4.39 Å². The summed E-state index contributed by atoms with van der Waals surface area (Å²) < 4.78 is 26.5. The van der Waals surface area contributed by atoms with E-state index in [2.05, 4.69) is 48.9 Å². The number of nitrogens with one attached hydrogen (secondary N) is 1. The third-order valence-corrected chi connectivity index (χ3v) is 8.25. The minimum Gasteiger partial charge on any atom is -0.490 e. The van der Waals surface area contributed by atoms with E-state index in [-0.39, 0.29) is 34.8 Å². The standard InChI is InChI=1S/C32H35BrFNO4/c1-6-38-26-12-19(11-21(33)30(26)39-17-18-8-7-9-20(34)10-18)27-28-22(13-31(2,3)15-24(28)36)35-23-14-32(4,5)16-25(37)29(23)27/h7-12,27,35H,6,13-17H2,1-5H3. The smallest absolute Gasteiger partial charge is 0.175 e. The first kappa shape index (κ1) is 27.6. The van der Waals surface area contributed by atoms with Crippen molar-refractivity contribution >= 4 is 27.5 Å². The van der Waals surface area contributed by atoms with Gasteiger partial charge in [-0.15, -0.1) is 0 Å². The molecule has 5 rings (SSSR count). The number of hydrogen-bond donors (Lipinski definition) is 1. The Morgan fingerprint density at radius 1 is 0.923 bits per heavy atom. The molecule has 1 aliphatic heterocycles. The van der Waals surface area contributed by atoms with Gasteiger partial charge < -0.3 is 14.8 Å². The summed E-state index contributed by atoms with van der Waals surface area (Å²) in [6.07, 6.45) is 2.34. The van der Waals surface area contributed by atoms with Gasteiger partial charge in [0.2, 0.25) is 0 Å². The van der Waals surface area contributed by atoms with Crippen molar-refractivity contribution in [2.45, 2.75) is 72.8 Å². The summed E-state index contributed by atoms with van der Waals surface area (Å²) in [5.41, 5.74) is 4.40. The number of ether oxygens (including phenoxy) is 2. The van der Waals surface area contributed by atoms with Crippen molar-refractivity contribution in [3.8, 4) is 11.5 Å². The molecule has 0 bridgehead atoms. The van der Waals surface area contributed by atoms with Crippen LogP contribution in [0.1, 0.15) is 77.3 Å². The van der Waals surface area contributed by atoms with Crippen LogP contribution in [-0.2, 0) is 16.2 Å². The highest BCUT2D eigenvalue weighted by molar-refractivity contribution is 9.10. The van der Waals surface area contributed by atoms with Crippen LogP contribution in [0.15, 0.2) is 63.4 Å². The van der Waals surface area contributed by atoms with Crippen LogP contribution < -0.4 is 14.8 Å². The van der Waals surface area contributed by atoms with Crippen LogP contribution in [0.2, 0.25) is 0 Å². The van der Waals surface area contributed by atoms with Crippen LogP contribution in [0.3, 0.4) is 0 Å². The predicted octanol–water partition coefficient (Wildman–Crippen LogP) is 7.54. The molecule has 0 spiro atoms. The van der Waals surface area contributed by atoms with Crippen molar-refractivity contribution in [3.05, 3.63) is 80.4 Å². The second-order valence-corrected chi connectivity index (χ2v) is 13.3. The number of dihydropyridines is 1.